The Balaban J connectivity index is 1.61. The quantitative estimate of drug-likeness (QED) is 0.803. The van der Waals surface area contributed by atoms with Gasteiger partial charge in [0.1, 0.15) is 0 Å². The van der Waals surface area contributed by atoms with Crippen LogP contribution in [0.3, 0.4) is 0 Å². The summed E-state index contributed by atoms with van der Waals surface area (Å²) in [5.41, 5.74) is 1.71. The Morgan fingerprint density at radius 2 is 2.00 bits per heavy atom. The van der Waals surface area contributed by atoms with Crippen LogP contribution in [0, 0.1) is 34.5 Å². The van der Waals surface area contributed by atoms with Crippen molar-refractivity contribution >= 4 is 11.8 Å². The molecule has 0 amide bonds. The van der Waals surface area contributed by atoms with E-state index < -0.39 is 5.97 Å². The fraction of sp³-hybridized carbons (Fsp3) is 0.727. The van der Waals surface area contributed by atoms with Crippen LogP contribution in [0.15, 0.2) is 23.8 Å². The molecule has 6 atom stereocenters. The number of ketones is 1. The van der Waals surface area contributed by atoms with Crippen LogP contribution in [0.1, 0.15) is 65.2 Å². The molecule has 3 heteroatoms. The maximum absolute atomic E-state index is 11.9. The molecule has 0 aliphatic heterocycles. The van der Waals surface area contributed by atoms with Crippen LogP contribution in [-0.4, -0.2) is 16.9 Å². The van der Waals surface area contributed by atoms with Crippen molar-refractivity contribution < 1.29 is 14.7 Å². The molecule has 0 saturated heterocycles. The summed E-state index contributed by atoms with van der Waals surface area (Å²) in [6, 6.07) is 0. The van der Waals surface area contributed by atoms with Crippen LogP contribution in [0.5, 0.6) is 0 Å². The Hall–Kier alpha value is -1.38. The lowest BCUT2D eigenvalue weighted by Crippen LogP contribution is -2.48. The van der Waals surface area contributed by atoms with Crippen LogP contribution in [0.4, 0.5) is 0 Å². The summed E-state index contributed by atoms with van der Waals surface area (Å²) < 4.78 is 0. The smallest absolute Gasteiger partial charge is 0.303 e. The first kappa shape index (κ1) is 17.1. The Morgan fingerprint density at radius 3 is 2.76 bits per heavy atom. The van der Waals surface area contributed by atoms with Gasteiger partial charge in [0.15, 0.2) is 5.78 Å². The van der Waals surface area contributed by atoms with Crippen molar-refractivity contribution in [1.29, 1.82) is 0 Å². The van der Waals surface area contributed by atoms with Crippen LogP contribution < -0.4 is 0 Å². The average Bonchev–Trinajstić information content (AvgIpc) is 2.90. The zero-order chi connectivity index (χ0) is 17.8. The lowest BCUT2D eigenvalue weighted by molar-refractivity contribution is -0.137. The maximum atomic E-state index is 11.9. The number of carbonyl (C=O) groups excluding carboxylic acids is 1. The van der Waals surface area contributed by atoms with E-state index in [1.807, 2.05) is 6.08 Å². The molecule has 0 heterocycles. The highest BCUT2D eigenvalue weighted by molar-refractivity contribution is 5.92. The van der Waals surface area contributed by atoms with E-state index in [1.165, 1.54) is 31.3 Å². The second kappa shape index (κ2) is 5.82. The number of carbonyl (C=O) groups is 2. The van der Waals surface area contributed by atoms with E-state index in [-0.39, 0.29) is 11.2 Å². The number of carboxylic acids is 1. The van der Waals surface area contributed by atoms with Gasteiger partial charge in [-0.1, -0.05) is 26.0 Å². The molecule has 0 spiro atoms. The molecule has 0 aromatic rings. The highest BCUT2D eigenvalue weighted by Gasteiger charge is 2.57. The van der Waals surface area contributed by atoms with Crippen LogP contribution in [0.25, 0.3) is 0 Å². The predicted molar refractivity (Wildman–Crippen MR) is 97.0 cm³/mol. The van der Waals surface area contributed by atoms with Gasteiger partial charge in [0, 0.05) is 12.8 Å². The molecule has 2 fully saturated rings. The van der Waals surface area contributed by atoms with Crippen molar-refractivity contribution in [2.75, 3.05) is 0 Å². The first-order valence-electron chi connectivity index (χ1n) is 9.99. The normalized spacial score (nSPS) is 45.4. The summed E-state index contributed by atoms with van der Waals surface area (Å²) in [6.45, 7) is 4.81. The molecule has 4 aliphatic carbocycles. The molecule has 25 heavy (non-hydrogen) atoms. The van der Waals surface area contributed by atoms with Gasteiger partial charge in [-0.05, 0) is 84.7 Å². The van der Waals surface area contributed by atoms with Gasteiger partial charge in [0.05, 0.1) is 0 Å². The Morgan fingerprint density at radius 1 is 1.20 bits per heavy atom. The second-order valence-electron chi connectivity index (χ2n) is 9.38. The molecule has 4 aliphatic rings. The number of hydrogen-bond acceptors (Lipinski definition) is 2. The topological polar surface area (TPSA) is 54.4 Å². The molecule has 5 unspecified atom stereocenters. The van der Waals surface area contributed by atoms with E-state index >= 15 is 0 Å². The minimum atomic E-state index is -0.660. The fourth-order valence-corrected chi connectivity index (χ4v) is 6.88. The number of allylic oxidation sites excluding steroid dienone is 4. The van der Waals surface area contributed by atoms with Gasteiger partial charge in [-0.15, -0.1) is 0 Å². The van der Waals surface area contributed by atoms with Gasteiger partial charge in [-0.3, -0.25) is 9.59 Å². The number of carboxylic acid groups (broad SMARTS) is 1. The van der Waals surface area contributed by atoms with Crippen LogP contribution in [0.2, 0.25) is 0 Å². The van der Waals surface area contributed by atoms with E-state index in [0.29, 0.717) is 41.9 Å². The van der Waals surface area contributed by atoms with E-state index in [0.717, 1.165) is 12.8 Å². The third-order valence-electron chi connectivity index (χ3n) is 8.42. The minimum absolute atomic E-state index is 0.161. The number of hydrogen-bond donors (Lipinski definition) is 1. The van der Waals surface area contributed by atoms with Crippen LogP contribution in [-0.2, 0) is 9.59 Å². The van der Waals surface area contributed by atoms with Gasteiger partial charge in [0.2, 0.25) is 0 Å². The van der Waals surface area contributed by atoms with Crippen molar-refractivity contribution in [2.24, 2.45) is 34.5 Å². The van der Waals surface area contributed by atoms with E-state index in [4.69, 9.17) is 5.11 Å². The number of aliphatic carboxylic acids is 1. The molecular weight excluding hydrogens is 312 g/mol. The zero-order valence-electron chi connectivity index (χ0n) is 15.5. The zero-order valence-corrected chi connectivity index (χ0v) is 15.5. The second-order valence-corrected chi connectivity index (χ2v) is 9.38. The van der Waals surface area contributed by atoms with Crippen molar-refractivity contribution in [1.82, 2.24) is 0 Å². The third-order valence-corrected chi connectivity index (χ3v) is 8.42. The number of fused-ring (bicyclic) bond motifs is 5. The van der Waals surface area contributed by atoms with Crippen molar-refractivity contribution in [3.63, 3.8) is 0 Å². The Bertz CT molecular complexity index is 660. The standard InChI is InChI=1S/C22H30O3/c1-21-12-10-19-17(18(21)7-4-14(21)5-8-20(24)25)6-3-15-13-16(23)9-11-22(15,19)2/h3,6,13-14,17-19H,4-5,7-12H2,1-2H3,(H,24,25)/t14-,17?,18?,19?,21?,22?/m0/s1. The summed E-state index contributed by atoms with van der Waals surface area (Å²) in [6.07, 6.45) is 14.2. The van der Waals surface area contributed by atoms with Crippen molar-refractivity contribution in [3.8, 4) is 0 Å². The average molecular weight is 342 g/mol. The van der Waals surface area contributed by atoms with Gasteiger partial charge >= 0.3 is 5.97 Å². The van der Waals surface area contributed by atoms with Gasteiger partial charge in [-0.2, -0.15) is 0 Å². The molecule has 1 N–H and O–H groups in total. The number of rotatable bonds is 3. The minimum Gasteiger partial charge on any atom is -0.481 e. The molecule has 3 nitrogen and oxygen atoms in total. The Labute approximate surface area is 150 Å². The Kier molecular flexibility index (Phi) is 3.97. The lowest BCUT2D eigenvalue weighted by atomic mass is 9.48. The highest BCUT2D eigenvalue weighted by atomic mass is 16.4. The predicted octanol–water partition coefficient (Wildman–Crippen LogP) is 4.78. The summed E-state index contributed by atoms with van der Waals surface area (Å²) in [5.74, 6) is 2.10. The van der Waals surface area contributed by atoms with Crippen molar-refractivity contribution in [3.05, 3.63) is 23.8 Å². The molecule has 2 saturated carbocycles. The summed E-state index contributed by atoms with van der Waals surface area (Å²) in [4.78, 5) is 22.9. The van der Waals surface area contributed by atoms with Gasteiger partial charge in [0.25, 0.3) is 0 Å². The summed E-state index contributed by atoms with van der Waals surface area (Å²) in [5, 5.41) is 9.08. The molecule has 0 aromatic heterocycles. The van der Waals surface area contributed by atoms with Crippen molar-refractivity contribution in [2.45, 2.75) is 65.2 Å². The maximum Gasteiger partial charge on any atom is 0.303 e. The van der Waals surface area contributed by atoms with Gasteiger partial charge < -0.3 is 5.11 Å². The fourth-order valence-electron chi connectivity index (χ4n) is 6.88. The largest absolute Gasteiger partial charge is 0.481 e. The molecule has 136 valence electrons. The molecule has 0 aromatic carbocycles. The SMILES string of the molecule is CC12CCC(=O)C=C1C=CC1C2CCC2(C)C1CC[C@H]2CCC(=O)O. The van der Waals surface area contributed by atoms with Crippen LogP contribution >= 0.6 is 0 Å². The molecule has 4 rings (SSSR count). The summed E-state index contributed by atoms with van der Waals surface area (Å²) >= 11 is 0. The monoisotopic (exact) mass is 342 g/mol. The lowest BCUT2D eigenvalue weighted by Gasteiger charge is -2.56. The summed E-state index contributed by atoms with van der Waals surface area (Å²) in [7, 11) is 0. The highest BCUT2D eigenvalue weighted by Crippen LogP contribution is 2.65. The molecule has 0 bridgehead atoms. The first-order chi connectivity index (χ1) is 11.8. The van der Waals surface area contributed by atoms with E-state index in [1.54, 1.807) is 0 Å². The van der Waals surface area contributed by atoms with Gasteiger partial charge in [-0.25, -0.2) is 0 Å². The first-order valence-corrected chi connectivity index (χ1v) is 9.99. The van der Waals surface area contributed by atoms with E-state index in [2.05, 4.69) is 26.0 Å². The molecular formula is C22H30O3. The third kappa shape index (κ3) is 2.53. The van der Waals surface area contributed by atoms with E-state index in [9.17, 15) is 9.59 Å². The molecule has 0 radical (unpaired) electrons.